The van der Waals surface area contributed by atoms with Crippen LogP contribution in [-0.2, 0) is 6.54 Å². The van der Waals surface area contributed by atoms with E-state index >= 15 is 0 Å². The Labute approximate surface area is 120 Å². The van der Waals surface area contributed by atoms with Gasteiger partial charge in [-0.3, -0.25) is 14.6 Å². The Bertz CT molecular complexity index is 644. The second-order valence-corrected chi connectivity index (χ2v) is 4.50. The molecule has 0 atom stereocenters. The van der Waals surface area contributed by atoms with Crippen molar-refractivity contribution in [3.05, 3.63) is 64.4 Å². The van der Waals surface area contributed by atoms with Gasteiger partial charge in [0.25, 0.3) is 5.91 Å². The maximum absolute atomic E-state index is 12.0. The first-order chi connectivity index (χ1) is 9.58. The molecule has 0 radical (unpaired) electrons. The van der Waals surface area contributed by atoms with Crippen LogP contribution >= 0.6 is 11.6 Å². The summed E-state index contributed by atoms with van der Waals surface area (Å²) < 4.78 is 0. The largest absolute Gasteiger partial charge is 0.366 e. The number of carbonyl (C=O) groups excluding carboxylic acids is 2. The van der Waals surface area contributed by atoms with Crippen molar-refractivity contribution in [3.8, 4) is 0 Å². The number of hydrogen-bond donors (Lipinski definition) is 2. The van der Waals surface area contributed by atoms with E-state index in [2.05, 4.69) is 10.3 Å². The number of benzene rings is 1. The number of halogens is 1. The zero-order chi connectivity index (χ0) is 14.5. The first-order valence-corrected chi connectivity index (χ1v) is 6.22. The highest BCUT2D eigenvalue weighted by atomic mass is 35.5. The molecule has 0 saturated carbocycles. The molecule has 20 heavy (non-hydrogen) atoms. The minimum atomic E-state index is -0.668. The number of nitrogens with two attached hydrogens (primary N) is 1. The summed E-state index contributed by atoms with van der Waals surface area (Å²) in [6, 6.07) is 8.00. The van der Waals surface area contributed by atoms with Gasteiger partial charge in [-0.05, 0) is 35.9 Å². The van der Waals surface area contributed by atoms with Gasteiger partial charge in [-0.1, -0.05) is 11.6 Å². The van der Waals surface area contributed by atoms with Crippen molar-refractivity contribution in [2.75, 3.05) is 0 Å². The number of nitrogens with one attached hydrogen (secondary N) is 1. The normalized spacial score (nSPS) is 10.1. The number of amides is 2. The van der Waals surface area contributed by atoms with Crippen LogP contribution in [0.4, 0.5) is 0 Å². The molecule has 3 N–H and O–H groups in total. The summed E-state index contributed by atoms with van der Waals surface area (Å²) in [7, 11) is 0. The lowest BCUT2D eigenvalue weighted by atomic mass is 10.1. The quantitative estimate of drug-likeness (QED) is 0.899. The fourth-order valence-corrected chi connectivity index (χ4v) is 1.85. The van der Waals surface area contributed by atoms with E-state index < -0.39 is 5.91 Å². The third-order valence-electron chi connectivity index (χ3n) is 2.70. The predicted octanol–water partition coefficient (Wildman–Crippen LogP) is 1.76. The topological polar surface area (TPSA) is 85.1 Å². The molecule has 2 amide bonds. The van der Waals surface area contributed by atoms with Crippen molar-refractivity contribution in [2.45, 2.75) is 6.54 Å². The minimum Gasteiger partial charge on any atom is -0.366 e. The van der Waals surface area contributed by atoms with Crippen LogP contribution in [0.15, 0.2) is 42.7 Å². The van der Waals surface area contributed by atoms with E-state index in [1.165, 1.54) is 18.2 Å². The van der Waals surface area contributed by atoms with E-state index in [0.29, 0.717) is 12.1 Å². The van der Waals surface area contributed by atoms with E-state index in [1.807, 2.05) is 0 Å². The van der Waals surface area contributed by atoms with Crippen LogP contribution in [-0.4, -0.2) is 16.8 Å². The van der Waals surface area contributed by atoms with Gasteiger partial charge < -0.3 is 11.1 Å². The van der Waals surface area contributed by atoms with Crippen LogP contribution in [0.3, 0.4) is 0 Å². The summed E-state index contributed by atoms with van der Waals surface area (Å²) in [4.78, 5) is 27.0. The van der Waals surface area contributed by atoms with Gasteiger partial charge in [0.1, 0.15) is 0 Å². The molecule has 0 aliphatic heterocycles. The molecule has 2 rings (SSSR count). The van der Waals surface area contributed by atoms with Gasteiger partial charge >= 0.3 is 0 Å². The van der Waals surface area contributed by atoms with Crippen molar-refractivity contribution in [3.63, 3.8) is 0 Å². The number of nitrogens with zero attached hydrogens (tertiary/aromatic N) is 1. The van der Waals surface area contributed by atoms with Gasteiger partial charge in [0.15, 0.2) is 0 Å². The zero-order valence-electron chi connectivity index (χ0n) is 10.5. The molecule has 0 bridgehead atoms. The van der Waals surface area contributed by atoms with Gasteiger partial charge in [-0.2, -0.15) is 0 Å². The highest BCUT2D eigenvalue weighted by Gasteiger charge is 2.11. The van der Waals surface area contributed by atoms with Crippen LogP contribution in [0, 0.1) is 0 Å². The Kier molecular flexibility index (Phi) is 4.32. The molecule has 0 spiro atoms. The van der Waals surface area contributed by atoms with E-state index in [-0.39, 0.29) is 16.5 Å². The van der Waals surface area contributed by atoms with Crippen LogP contribution in [0.5, 0.6) is 0 Å². The summed E-state index contributed by atoms with van der Waals surface area (Å²) in [5.74, 6) is -0.972. The number of rotatable bonds is 4. The van der Waals surface area contributed by atoms with Crippen molar-refractivity contribution in [1.29, 1.82) is 0 Å². The molecule has 0 aliphatic rings. The summed E-state index contributed by atoms with van der Waals surface area (Å²) in [5.41, 5.74) is 6.57. The van der Waals surface area contributed by atoms with Crippen molar-refractivity contribution in [1.82, 2.24) is 10.3 Å². The molecule has 1 heterocycles. The summed E-state index contributed by atoms with van der Waals surface area (Å²) in [6.45, 7) is 0.371. The van der Waals surface area contributed by atoms with Crippen LogP contribution in [0.2, 0.25) is 5.02 Å². The molecular weight excluding hydrogens is 278 g/mol. The molecule has 1 aromatic heterocycles. The highest BCUT2D eigenvalue weighted by molar-refractivity contribution is 6.34. The molecule has 0 unspecified atom stereocenters. The average Bonchev–Trinajstić information content (AvgIpc) is 2.46. The smallest absolute Gasteiger partial charge is 0.251 e. The summed E-state index contributed by atoms with van der Waals surface area (Å²) in [5, 5.41) is 2.96. The SMILES string of the molecule is NC(=O)c1cc(C(=O)NCc2ccncc2)ccc1Cl. The summed E-state index contributed by atoms with van der Waals surface area (Å²) in [6.07, 6.45) is 3.30. The Hall–Kier alpha value is -2.40. The van der Waals surface area contributed by atoms with Gasteiger partial charge in [-0.15, -0.1) is 0 Å². The number of primary amides is 1. The summed E-state index contributed by atoms with van der Waals surface area (Å²) >= 11 is 5.83. The molecule has 2 aromatic rings. The molecule has 0 fully saturated rings. The number of aromatic nitrogens is 1. The molecule has 102 valence electrons. The van der Waals surface area contributed by atoms with Crippen LogP contribution in [0.25, 0.3) is 0 Å². The molecule has 0 aliphatic carbocycles. The van der Waals surface area contributed by atoms with Gasteiger partial charge in [0.05, 0.1) is 10.6 Å². The maximum Gasteiger partial charge on any atom is 0.251 e. The Morgan fingerprint density at radius 3 is 2.55 bits per heavy atom. The van der Waals surface area contributed by atoms with E-state index in [0.717, 1.165) is 5.56 Å². The molecule has 0 saturated heterocycles. The predicted molar refractivity (Wildman–Crippen MR) is 75.4 cm³/mol. The molecule has 1 aromatic carbocycles. The minimum absolute atomic E-state index is 0.128. The van der Waals surface area contributed by atoms with Gasteiger partial charge in [0, 0.05) is 24.5 Å². The Balaban J connectivity index is 2.10. The third-order valence-corrected chi connectivity index (χ3v) is 3.03. The number of hydrogen-bond acceptors (Lipinski definition) is 3. The maximum atomic E-state index is 12.0. The monoisotopic (exact) mass is 289 g/mol. The molecule has 5 nitrogen and oxygen atoms in total. The zero-order valence-corrected chi connectivity index (χ0v) is 11.2. The first-order valence-electron chi connectivity index (χ1n) is 5.84. The fourth-order valence-electron chi connectivity index (χ4n) is 1.64. The van der Waals surface area contributed by atoms with E-state index in [1.54, 1.807) is 24.5 Å². The van der Waals surface area contributed by atoms with Crippen LogP contribution in [0.1, 0.15) is 26.3 Å². The van der Waals surface area contributed by atoms with Crippen molar-refractivity contribution >= 4 is 23.4 Å². The second-order valence-electron chi connectivity index (χ2n) is 4.10. The highest BCUT2D eigenvalue weighted by Crippen LogP contribution is 2.17. The Morgan fingerprint density at radius 1 is 1.20 bits per heavy atom. The van der Waals surface area contributed by atoms with E-state index in [4.69, 9.17) is 17.3 Å². The lowest BCUT2D eigenvalue weighted by molar-refractivity contribution is 0.0951. The lowest BCUT2D eigenvalue weighted by Crippen LogP contribution is -2.23. The van der Waals surface area contributed by atoms with Crippen LogP contribution < -0.4 is 11.1 Å². The second kappa shape index (κ2) is 6.16. The fraction of sp³-hybridized carbons (Fsp3) is 0.0714. The average molecular weight is 290 g/mol. The molecular formula is C14H12ClN3O2. The van der Waals surface area contributed by atoms with Crippen molar-refractivity contribution in [2.24, 2.45) is 5.73 Å². The Morgan fingerprint density at radius 2 is 1.90 bits per heavy atom. The molecule has 6 heteroatoms. The van der Waals surface area contributed by atoms with Gasteiger partial charge in [0.2, 0.25) is 5.91 Å². The number of pyridine rings is 1. The van der Waals surface area contributed by atoms with Gasteiger partial charge in [-0.25, -0.2) is 0 Å². The lowest BCUT2D eigenvalue weighted by Gasteiger charge is -2.07. The first kappa shape index (κ1) is 14.0. The van der Waals surface area contributed by atoms with E-state index in [9.17, 15) is 9.59 Å². The standard InChI is InChI=1S/C14H12ClN3O2/c15-12-2-1-10(7-11(12)13(16)19)14(20)18-8-9-3-5-17-6-4-9/h1-7H,8H2,(H2,16,19)(H,18,20). The van der Waals surface area contributed by atoms with Crippen molar-refractivity contribution < 1.29 is 9.59 Å². The third kappa shape index (κ3) is 3.33. The number of carbonyl (C=O) groups is 2.